The summed E-state index contributed by atoms with van der Waals surface area (Å²) in [4.78, 5) is 14.1. The number of amides is 1. The smallest absolute Gasteiger partial charge is 0.257 e. The molecule has 1 unspecified atom stereocenters. The van der Waals surface area contributed by atoms with Crippen LogP contribution in [0.2, 0.25) is 0 Å². The Bertz CT molecular complexity index is 441. The molecule has 0 saturated carbocycles. The van der Waals surface area contributed by atoms with Crippen LogP contribution in [-0.2, 0) is 13.5 Å². The first-order valence-electron chi connectivity index (χ1n) is 5.47. The van der Waals surface area contributed by atoms with Crippen LogP contribution in [0.15, 0.2) is 6.20 Å². The molecule has 1 atom stereocenters. The van der Waals surface area contributed by atoms with Crippen molar-refractivity contribution in [2.45, 2.75) is 26.3 Å². The van der Waals surface area contributed by atoms with Crippen molar-refractivity contribution in [1.29, 1.82) is 0 Å². The minimum Gasteiger partial charge on any atom is -0.392 e. The average molecular weight is 254 g/mol. The molecule has 0 aliphatic rings. The molecule has 0 spiro atoms. The number of hydrogen-bond donors (Lipinski definition) is 1. The number of likely N-dealkylation sites (N-methyl/N-ethyl adjacent to an activating group) is 1. The Balaban J connectivity index is 2.99. The molecule has 0 aliphatic carbocycles. The van der Waals surface area contributed by atoms with Crippen LogP contribution in [0, 0.1) is 0 Å². The Kier molecular flexibility index (Phi) is 4.22. The molecule has 1 aromatic heterocycles. The monoisotopic (exact) mass is 254 g/mol. The molecule has 0 radical (unpaired) electrons. The van der Waals surface area contributed by atoms with Crippen LogP contribution in [0.25, 0.3) is 0 Å². The third kappa shape index (κ3) is 2.82. The van der Waals surface area contributed by atoms with E-state index in [4.69, 9.17) is 18.0 Å². The van der Waals surface area contributed by atoms with Crippen LogP contribution in [-0.4, -0.2) is 38.7 Å². The van der Waals surface area contributed by atoms with Gasteiger partial charge in [-0.2, -0.15) is 5.10 Å². The molecule has 2 N–H and O–H groups in total. The summed E-state index contributed by atoms with van der Waals surface area (Å²) in [6, 6.07) is -0.262. The maximum absolute atomic E-state index is 12.2. The Morgan fingerprint density at radius 2 is 2.29 bits per heavy atom. The molecule has 0 bridgehead atoms. The number of hydrogen-bond acceptors (Lipinski definition) is 3. The lowest BCUT2D eigenvalue weighted by Gasteiger charge is -2.23. The van der Waals surface area contributed by atoms with Crippen molar-refractivity contribution in [3.05, 3.63) is 17.5 Å². The molecule has 6 heteroatoms. The van der Waals surface area contributed by atoms with Gasteiger partial charge >= 0.3 is 0 Å². The zero-order valence-electron chi connectivity index (χ0n) is 10.6. The van der Waals surface area contributed by atoms with E-state index in [1.165, 1.54) is 0 Å². The second-order valence-electron chi connectivity index (χ2n) is 4.01. The van der Waals surface area contributed by atoms with Crippen molar-refractivity contribution in [2.75, 3.05) is 7.05 Å². The lowest BCUT2D eigenvalue weighted by atomic mass is 10.1. The fraction of sp³-hybridized carbons (Fsp3) is 0.545. The predicted octanol–water partition coefficient (Wildman–Crippen LogP) is 0.729. The molecule has 5 nitrogen and oxygen atoms in total. The standard InChI is InChI=1S/C11H18N4OS/c1-5-9-8(6-14(3)13-9)11(16)15(4)7(2)10(12)17/h6-7H,5H2,1-4H3,(H2,12,17). The van der Waals surface area contributed by atoms with E-state index in [2.05, 4.69) is 5.10 Å². The molecule has 0 saturated heterocycles. The van der Waals surface area contributed by atoms with E-state index in [1.807, 2.05) is 13.8 Å². The minimum atomic E-state index is -0.262. The van der Waals surface area contributed by atoms with Crippen molar-refractivity contribution in [2.24, 2.45) is 12.8 Å². The minimum absolute atomic E-state index is 0.102. The first-order valence-corrected chi connectivity index (χ1v) is 5.88. The first kappa shape index (κ1) is 13.6. The Morgan fingerprint density at radius 3 is 2.76 bits per heavy atom. The van der Waals surface area contributed by atoms with Crippen LogP contribution in [0.3, 0.4) is 0 Å². The fourth-order valence-electron chi connectivity index (χ4n) is 1.53. The highest BCUT2D eigenvalue weighted by atomic mass is 32.1. The Hall–Kier alpha value is -1.43. The lowest BCUT2D eigenvalue weighted by molar-refractivity contribution is 0.0778. The van der Waals surface area contributed by atoms with Gasteiger partial charge < -0.3 is 10.6 Å². The van der Waals surface area contributed by atoms with Crippen LogP contribution >= 0.6 is 12.2 Å². The maximum Gasteiger partial charge on any atom is 0.257 e. The zero-order chi connectivity index (χ0) is 13.2. The number of thiocarbonyl (C=S) groups is 1. The van der Waals surface area contributed by atoms with Gasteiger partial charge in [0, 0.05) is 20.3 Å². The molecule has 1 heterocycles. The first-order chi connectivity index (χ1) is 7.88. The van der Waals surface area contributed by atoms with Gasteiger partial charge in [0.05, 0.1) is 22.3 Å². The lowest BCUT2D eigenvalue weighted by Crippen LogP contribution is -2.42. The second-order valence-corrected chi connectivity index (χ2v) is 4.48. The third-order valence-electron chi connectivity index (χ3n) is 2.78. The van der Waals surface area contributed by atoms with E-state index in [1.54, 1.807) is 29.9 Å². The van der Waals surface area contributed by atoms with Crippen LogP contribution in [0.1, 0.15) is 29.9 Å². The largest absolute Gasteiger partial charge is 0.392 e. The van der Waals surface area contributed by atoms with E-state index >= 15 is 0 Å². The van der Waals surface area contributed by atoms with Gasteiger partial charge in [0.2, 0.25) is 0 Å². The number of carbonyl (C=O) groups is 1. The summed E-state index contributed by atoms with van der Waals surface area (Å²) in [7, 11) is 3.49. The topological polar surface area (TPSA) is 64.2 Å². The Labute approximate surface area is 107 Å². The highest BCUT2D eigenvalue weighted by Crippen LogP contribution is 2.11. The van der Waals surface area contributed by atoms with Gasteiger partial charge in [0.15, 0.2) is 0 Å². The number of rotatable bonds is 4. The van der Waals surface area contributed by atoms with Crippen LogP contribution in [0.4, 0.5) is 0 Å². The summed E-state index contributed by atoms with van der Waals surface area (Å²) in [6.45, 7) is 3.78. The summed E-state index contributed by atoms with van der Waals surface area (Å²) in [5.74, 6) is -0.102. The van der Waals surface area contributed by atoms with E-state index in [0.717, 1.165) is 12.1 Å². The molecule has 0 aliphatic heterocycles. The molecule has 1 aromatic rings. The van der Waals surface area contributed by atoms with Crippen molar-refractivity contribution < 1.29 is 4.79 Å². The van der Waals surface area contributed by atoms with Gasteiger partial charge in [-0.1, -0.05) is 19.1 Å². The molecular weight excluding hydrogens is 236 g/mol. The van der Waals surface area contributed by atoms with E-state index in [9.17, 15) is 4.79 Å². The van der Waals surface area contributed by atoms with E-state index in [0.29, 0.717) is 10.6 Å². The van der Waals surface area contributed by atoms with Gasteiger partial charge in [-0.15, -0.1) is 0 Å². The highest BCUT2D eigenvalue weighted by Gasteiger charge is 2.22. The van der Waals surface area contributed by atoms with Crippen LogP contribution in [0.5, 0.6) is 0 Å². The van der Waals surface area contributed by atoms with Crippen molar-refractivity contribution in [3.8, 4) is 0 Å². The van der Waals surface area contributed by atoms with Gasteiger partial charge in [0.1, 0.15) is 0 Å². The molecule has 94 valence electrons. The van der Waals surface area contributed by atoms with Crippen molar-refractivity contribution in [1.82, 2.24) is 14.7 Å². The van der Waals surface area contributed by atoms with Gasteiger partial charge in [0.25, 0.3) is 5.91 Å². The number of carbonyl (C=O) groups excluding carboxylic acids is 1. The molecule has 0 fully saturated rings. The SMILES string of the molecule is CCc1nn(C)cc1C(=O)N(C)C(C)C(N)=S. The summed E-state index contributed by atoms with van der Waals surface area (Å²) < 4.78 is 1.64. The normalized spacial score (nSPS) is 12.2. The fourth-order valence-corrected chi connectivity index (χ4v) is 1.69. The number of aromatic nitrogens is 2. The number of aryl methyl sites for hydroxylation is 2. The Morgan fingerprint density at radius 1 is 1.71 bits per heavy atom. The van der Waals surface area contributed by atoms with Gasteiger partial charge in [-0.05, 0) is 13.3 Å². The summed E-state index contributed by atoms with van der Waals surface area (Å²) in [5, 5.41) is 4.24. The van der Waals surface area contributed by atoms with E-state index < -0.39 is 0 Å². The van der Waals surface area contributed by atoms with Crippen LogP contribution < -0.4 is 5.73 Å². The van der Waals surface area contributed by atoms with Crippen molar-refractivity contribution in [3.63, 3.8) is 0 Å². The molecule has 1 amide bonds. The van der Waals surface area contributed by atoms with Gasteiger partial charge in [-0.25, -0.2) is 0 Å². The number of nitrogens with two attached hydrogens (primary N) is 1. The van der Waals surface area contributed by atoms with E-state index in [-0.39, 0.29) is 11.9 Å². The quantitative estimate of drug-likeness (QED) is 0.805. The molecule has 17 heavy (non-hydrogen) atoms. The van der Waals surface area contributed by atoms with Crippen molar-refractivity contribution >= 4 is 23.1 Å². The second kappa shape index (κ2) is 5.27. The highest BCUT2D eigenvalue weighted by molar-refractivity contribution is 7.80. The van der Waals surface area contributed by atoms with Gasteiger partial charge in [-0.3, -0.25) is 9.48 Å². The third-order valence-corrected chi connectivity index (χ3v) is 3.12. The zero-order valence-corrected chi connectivity index (χ0v) is 11.4. The predicted molar refractivity (Wildman–Crippen MR) is 70.9 cm³/mol. The number of nitrogens with zero attached hydrogens (tertiary/aromatic N) is 3. The molecular formula is C11H18N4OS. The molecule has 1 rings (SSSR count). The maximum atomic E-state index is 12.2. The average Bonchev–Trinajstić information content (AvgIpc) is 2.67. The summed E-state index contributed by atoms with van der Waals surface area (Å²) in [5.41, 5.74) is 6.95. The molecule has 0 aromatic carbocycles. The summed E-state index contributed by atoms with van der Waals surface area (Å²) >= 11 is 4.89. The summed E-state index contributed by atoms with van der Waals surface area (Å²) in [6.07, 6.45) is 2.45.